The standard InChI is InChI=1S/C8H18N2O2/c1-6(2)12-5-4-7(10-3)8(9)11/h6-7,10H,4-5H2,1-3H3,(H2,9,11). The molecule has 0 aromatic carbocycles. The first-order valence-electron chi connectivity index (χ1n) is 4.16. The van der Waals surface area contributed by atoms with E-state index < -0.39 is 0 Å². The summed E-state index contributed by atoms with van der Waals surface area (Å²) in [4.78, 5) is 10.7. The summed E-state index contributed by atoms with van der Waals surface area (Å²) in [5.41, 5.74) is 5.11. The number of carbonyl (C=O) groups is 1. The second-order valence-electron chi connectivity index (χ2n) is 2.95. The van der Waals surface area contributed by atoms with E-state index in [1.165, 1.54) is 0 Å². The highest BCUT2D eigenvalue weighted by atomic mass is 16.5. The van der Waals surface area contributed by atoms with Crippen LogP contribution in [-0.4, -0.2) is 31.7 Å². The van der Waals surface area contributed by atoms with Gasteiger partial charge in [-0.25, -0.2) is 0 Å². The summed E-state index contributed by atoms with van der Waals surface area (Å²) in [6, 6.07) is -0.274. The molecule has 1 unspecified atom stereocenters. The summed E-state index contributed by atoms with van der Waals surface area (Å²) in [7, 11) is 1.71. The molecule has 3 N–H and O–H groups in total. The van der Waals surface area contributed by atoms with Gasteiger partial charge in [-0.2, -0.15) is 0 Å². The lowest BCUT2D eigenvalue weighted by Crippen LogP contribution is -2.40. The van der Waals surface area contributed by atoms with Crippen molar-refractivity contribution in [2.24, 2.45) is 5.73 Å². The van der Waals surface area contributed by atoms with Gasteiger partial charge in [0.15, 0.2) is 0 Å². The average molecular weight is 174 g/mol. The normalized spacial score (nSPS) is 13.3. The van der Waals surface area contributed by atoms with Crippen molar-refractivity contribution in [3.05, 3.63) is 0 Å². The van der Waals surface area contributed by atoms with Gasteiger partial charge in [0.1, 0.15) is 0 Å². The monoisotopic (exact) mass is 174 g/mol. The largest absolute Gasteiger partial charge is 0.379 e. The van der Waals surface area contributed by atoms with Gasteiger partial charge in [0.05, 0.1) is 12.1 Å². The number of hydrogen-bond acceptors (Lipinski definition) is 3. The Morgan fingerprint density at radius 3 is 2.50 bits per heavy atom. The molecule has 72 valence electrons. The number of ether oxygens (including phenoxy) is 1. The Kier molecular flexibility index (Phi) is 5.66. The first-order valence-corrected chi connectivity index (χ1v) is 4.16. The van der Waals surface area contributed by atoms with Crippen molar-refractivity contribution < 1.29 is 9.53 Å². The number of nitrogens with two attached hydrogens (primary N) is 1. The minimum Gasteiger partial charge on any atom is -0.379 e. The van der Waals surface area contributed by atoms with E-state index in [2.05, 4.69) is 5.32 Å². The Bertz CT molecular complexity index is 137. The molecule has 0 aromatic heterocycles. The van der Waals surface area contributed by atoms with Gasteiger partial charge in [-0.3, -0.25) is 4.79 Å². The number of primary amides is 1. The van der Waals surface area contributed by atoms with Crippen molar-refractivity contribution in [3.63, 3.8) is 0 Å². The van der Waals surface area contributed by atoms with Crippen LogP contribution in [0.2, 0.25) is 0 Å². The average Bonchev–Trinajstić information content (AvgIpc) is 1.96. The summed E-state index contributed by atoms with van der Waals surface area (Å²) in [6.45, 7) is 4.48. The second kappa shape index (κ2) is 5.97. The highest BCUT2D eigenvalue weighted by Gasteiger charge is 2.11. The van der Waals surface area contributed by atoms with E-state index in [9.17, 15) is 4.79 Å². The zero-order valence-electron chi connectivity index (χ0n) is 7.96. The van der Waals surface area contributed by atoms with Crippen LogP contribution in [0.15, 0.2) is 0 Å². The Morgan fingerprint density at radius 2 is 2.17 bits per heavy atom. The van der Waals surface area contributed by atoms with E-state index in [1.54, 1.807) is 7.05 Å². The molecule has 4 nitrogen and oxygen atoms in total. The van der Waals surface area contributed by atoms with Crippen molar-refractivity contribution in [1.29, 1.82) is 0 Å². The van der Waals surface area contributed by atoms with Gasteiger partial charge in [-0.15, -0.1) is 0 Å². The summed E-state index contributed by atoms with van der Waals surface area (Å²) in [5.74, 6) is -0.329. The predicted octanol–water partition coefficient (Wildman–Crippen LogP) is -0.125. The quantitative estimate of drug-likeness (QED) is 0.590. The number of nitrogens with one attached hydrogen (secondary N) is 1. The lowest BCUT2D eigenvalue weighted by molar-refractivity contribution is -0.120. The lowest BCUT2D eigenvalue weighted by atomic mass is 10.2. The summed E-state index contributed by atoms with van der Waals surface area (Å²) >= 11 is 0. The maximum atomic E-state index is 10.7. The number of rotatable bonds is 6. The Labute approximate surface area is 73.5 Å². The second-order valence-corrected chi connectivity index (χ2v) is 2.95. The van der Waals surface area contributed by atoms with Crippen molar-refractivity contribution in [2.45, 2.75) is 32.4 Å². The van der Waals surface area contributed by atoms with Crippen LogP contribution in [0.3, 0.4) is 0 Å². The van der Waals surface area contributed by atoms with Crippen LogP contribution in [0.4, 0.5) is 0 Å². The molecule has 0 spiro atoms. The molecule has 0 aromatic rings. The fourth-order valence-corrected chi connectivity index (χ4v) is 0.850. The molecule has 0 saturated carbocycles. The summed E-state index contributed by atoms with van der Waals surface area (Å²) < 4.78 is 5.28. The van der Waals surface area contributed by atoms with Gasteiger partial charge in [0, 0.05) is 6.61 Å². The highest BCUT2D eigenvalue weighted by molar-refractivity contribution is 5.79. The fourth-order valence-electron chi connectivity index (χ4n) is 0.850. The minimum atomic E-state index is -0.329. The molecule has 1 amide bonds. The molecule has 0 saturated heterocycles. The van der Waals surface area contributed by atoms with Gasteiger partial charge in [-0.05, 0) is 27.3 Å². The van der Waals surface area contributed by atoms with Gasteiger partial charge in [0.25, 0.3) is 0 Å². The van der Waals surface area contributed by atoms with E-state index in [0.29, 0.717) is 13.0 Å². The Morgan fingerprint density at radius 1 is 1.58 bits per heavy atom. The van der Waals surface area contributed by atoms with Gasteiger partial charge >= 0.3 is 0 Å². The third kappa shape index (κ3) is 5.09. The molecule has 0 aliphatic carbocycles. The van der Waals surface area contributed by atoms with Crippen LogP contribution in [0.1, 0.15) is 20.3 Å². The molecule has 0 bridgehead atoms. The molecule has 4 heteroatoms. The first-order chi connectivity index (χ1) is 5.57. The molecule has 0 rings (SSSR count). The van der Waals surface area contributed by atoms with E-state index in [0.717, 1.165) is 0 Å². The smallest absolute Gasteiger partial charge is 0.234 e. The number of carbonyl (C=O) groups excluding carboxylic acids is 1. The Balaban J connectivity index is 3.52. The summed E-state index contributed by atoms with van der Waals surface area (Å²) in [6.07, 6.45) is 0.833. The lowest BCUT2D eigenvalue weighted by Gasteiger charge is -2.13. The SMILES string of the molecule is CNC(CCOC(C)C)C(N)=O. The zero-order valence-corrected chi connectivity index (χ0v) is 7.96. The molecule has 0 aliphatic rings. The minimum absolute atomic E-state index is 0.204. The number of likely N-dealkylation sites (N-methyl/N-ethyl adjacent to an activating group) is 1. The molecule has 0 aliphatic heterocycles. The molecule has 1 atom stereocenters. The molecule has 0 fully saturated rings. The van der Waals surface area contributed by atoms with E-state index >= 15 is 0 Å². The van der Waals surface area contributed by atoms with Crippen molar-refractivity contribution >= 4 is 5.91 Å². The van der Waals surface area contributed by atoms with Crippen LogP contribution >= 0.6 is 0 Å². The first kappa shape index (κ1) is 11.4. The van der Waals surface area contributed by atoms with Gasteiger partial charge in [0.2, 0.25) is 5.91 Å². The number of amides is 1. The van der Waals surface area contributed by atoms with Gasteiger partial charge in [-0.1, -0.05) is 0 Å². The zero-order chi connectivity index (χ0) is 9.56. The van der Waals surface area contributed by atoms with E-state index in [4.69, 9.17) is 10.5 Å². The van der Waals surface area contributed by atoms with Crippen molar-refractivity contribution in [3.8, 4) is 0 Å². The summed E-state index contributed by atoms with van der Waals surface area (Å²) in [5, 5.41) is 2.82. The highest BCUT2D eigenvalue weighted by Crippen LogP contribution is 1.94. The van der Waals surface area contributed by atoms with Gasteiger partial charge < -0.3 is 15.8 Å². The topological polar surface area (TPSA) is 64.3 Å². The van der Waals surface area contributed by atoms with Crippen LogP contribution < -0.4 is 11.1 Å². The van der Waals surface area contributed by atoms with Crippen LogP contribution in [0, 0.1) is 0 Å². The number of hydrogen-bond donors (Lipinski definition) is 2. The predicted molar refractivity (Wildman–Crippen MR) is 47.7 cm³/mol. The van der Waals surface area contributed by atoms with Crippen LogP contribution in [0.25, 0.3) is 0 Å². The molecular weight excluding hydrogens is 156 g/mol. The van der Waals surface area contributed by atoms with Crippen LogP contribution in [0.5, 0.6) is 0 Å². The fraction of sp³-hybridized carbons (Fsp3) is 0.875. The third-order valence-electron chi connectivity index (χ3n) is 1.55. The van der Waals surface area contributed by atoms with Crippen LogP contribution in [-0.2, 0) is 9.53 Å². The molecule has 0 radical (unpaired) electrons. The van der Waals surface area contributed by atoms with Crippen molar-refractivity contribution in [2.75, 3.05) is 13.7 Å². The third-order valence-corrected chi connectivity index (χ3v) is 1.55. The van der Waals surface area contributed by atoms with E-state index in [-0.39, 0.29) is 18.1 Å². The maximum Gasteiger partial charge on any atom is 0.234 e. The van der Waals surface area contributed by atoms with Crippen molar-refractivity contribution in [1.82, 2.24) is 5.32 Å². The maximum absolute atomic E-state index is 10.7. The molecule has 12 heavy (non-hydrogen) atoms. The van der Waals surface area contributed by atoms with E-state index in [1.807, 2.05) is 13.8 Å². The molecular formula is C8H18N2O2. The Hall–Kier alpha value is -0.610. The molecule has 0 heterocycles.